The van der Waals surface area contributed by atoms with Crippen LogP contribution in [0.5, 0.6) is 0 Å². The maximum absolute atomic E-state index is 11.4. The minimum absolute atomic E-state index is 0.165. The number of thioether (sulfide) groups is 1. The summed E-state index contributed by atoms with van der Waals surface area (Å²) in [6.07, 6.45) is 2.45. The first-order chi connectivity index (χ1) is 9.10. The van der Waals surface area contributed by atoms with E-state index in [1.165, 1.54) is 0 Å². The molecule has 0 aliphatic heterocycles. The number of nitrogens with two attached hydrogens (primary N) is 1. The maximum atomic E-state index is 11.4. The Bertz CT molecular complexity index is 405. The number of rotatable bonds is 8. The molecule has 0 bridgehead atoms. The highest BCUT2D eigenvalue weighted by Gasteiger charge is 2.11. The third kappa shape index (κ3) is 4.83. The van der Waals surface area contributed by atoms with Gasteiger partial charge in [-0.3, -0.25) is 4.79 Å². The first-order valence-electron chi connectivity index (χ1n) is 6.55. The Labute approximate surface area is 118 Å². The fourth-order valence-corrected chi connectivity index (χ4v) is 2.56. The van der Waals surface area contributed by atoms with Gasteiger partial charge in [0.25, 0.3) is 0 Å². The molecule has 1 rings (SSSR count). The second-order valence-corrected chi connectivity index (χ2v) is 5.56. The van der Waals surface area contributed by atoms with Crippen molar-refractivity contribution in [2.45, 2.75) is 44.4 Å². The van der Waals surface area contributed by atoms with Crippen LogP contribution in [-0.2, 0) is 17.9 Å². The van der Waals surface area contributed by atoms with Gasteiger partial charge in [-0.15, -0.1) is 10.2 Å². The SMILES string of the molecule is CCCn1c(CN)nnc1SCCCC(=O)N(C)C. The lowest BCUT2D eigenvalue weighted by Crippen LogP contribution is -2.21. The van der Waals surface area contributed by atoms with Crippen LogP contribution < -0.4 is 5.73 Å². The number of aromatic nitrogens is 3. The smallest absolute Gasteiger partial charge is 0.222 e. The van der Waals surface area contributed by atoms with Crippen LogP contribution in [0.25, 0.3) is 0 Å². The first kappa shape index (κ1) is 16.0. The molecule has 0 aliphatic carbocycles. The third-order valence-corrected chi connectivity index (χ3v) is 3.74. The lowest BCUT2D eigenvalue weighted by Gasteiger charge is -2.10. The summed E-state index contributed by atoms with van der Waals surface area (Å²) in [4.78, 5) is 13.1. The molecule has 6 nitrogen and oxygen atoms in total. The van der Waals surface area contributed by atoms with Crippen molar-refractivity contribution < 1.29 is 4.79 Å². The average Bonchev–Trinajstić information content (AvgIpc) is 2.77. The standard InChI is InChI=1S/C12H23N5OS/c1-4-7-17-10(9-13)14-15-12(17)19-8-5-6-11(18)16(2)3/h4-9,13H2,1-3H3. The Kier molecular flexibility index (Phi) is 6.86. The molecule has 1 aromatic rings. The first-order valence-corrected chi connectivity index (χ1v) is 7.53. The molecule has 0 fully saturated rings. The summed E-state index contributed by atoms with van der Waals surface area (Å²) in [7, 11) is 3.56. The van der Waals surface area contributed by atoms with Crippen molar-refractivity contribution in [1.29, 1.82) is 0 Å². The Balaban J connectivity index is 2.44. The van der Waals surface area contributed by atoms with Crippen LogP contribution in [0.2, 0.25) is 0 Å². The summed E-state index contributed by atoms with van der Waals surface area (Å²) in [5, 5.41) is 9.15. The molecule has 0 radical (unpaired) electrons. The van der Waals surface area contributed by atoms with Crippen molar-refractivity contribution in [2.75, 3.05) is 19.8 Å². The van der Waals surface area contributed by atoms with Crippen molar-refractivity contribution in [3.63, 3.8) is 0 Å². The van der Waals surface area contributed by atoms with Crippen LogP contribution in [0.4, 0.5) is 0 Å². The van der Waals surface area contributed by atoms with Gasteiger partial charge >= 0.3 is 0 Å². The van der Waals surface area contributed by atoms with Crippen molar-refractivity contribution in [2.24, 2.45) is 5.73 Å². The predicted octanol–water partition coefficient (Wildman–Crippen LogP) is 1.11. The molecule has 0 aliphatic rings. The van der Waals surface area contributed by atoms with Crippen LogP contribution in [0.15, 0.2) is 5.16 Å². The Hall–Kier alpha value is -1.08. The van der Waals surface area contributed by atoms with E-state index in [9.17, 15) is 4.79 Å². The summed E-state index contributed by atoms with van der Waals surface area (Å²) in [6, 6.07) is 0. The number of hydrogen-bond acceptors (Lipinski definition) is 5. The number of carbonyl (C=O) groups excluding carboxylic acids is 1. The quantitative estimate of drug-likeness (QED) is 0.572. The number of nitrogens with zero attached hydrogens (tertiary/aromatic N) is 4. The zero-order valence-electron chi connectivity index (χ0n) is 11.9. The van der Waals surface area contributed by atoms with Crippen LogP contribution in [-0.4, -0.2) is 45.4 Å². The molecular weight excluding hydrogens is 262 g/mol. The largest absolute Gasteiger partial charge is 0.349 e. The van der Waals surface area contributed by atoms with Gasteiger partial charge in [0.05, 0.1) is 6.54 Å². The van der Waals surface area contributed by atoms with E-state index in [4.69, 9.17) is 5.73 Å². The van der Waals surface area contributed by atoms with Gasteiger partial charge in [0, 0.05) is 32.8 Å². The Morgan fingerprint density at radius 1 is 1.42 bits per heavy atom. The molecule has 0 saturated heterocycles. The summed E-state index contributed by atoms with van der Waals surface area (Å²) in [5.74, 6) is 1.86. The van der Waals surface area contributed by atoms with E-state index in [0.29, 0.717) is 13.0 Å². The van der Waals surface area contributed by atoms with Crippen molar-refractivity contribution in [1.82, 2.24) is 19.7 Å². The predicted molar refractivity (Wildman–Crippen MR) is 76.9 cm³/mol. The molecule has 2 N–H and O–H groups in total. The molecule has 7 heteroatoms. The molecule has 1 amide bonds. The van der Waals surface area contributed by atoms with Gasteiger partial charge in [-0.2, -0.15) is 0 Å². The lowest BCUT2D eigenvalue weighted by atomic mass is 10.3. The van der Waals surface area contributed by atoms with Crippen LogP contribution in [0, 0.1) is 0 Å². The molecule has 19 heavy (non-hydrogen) atoms. The van der Waals surface area contributed by atoms with E-state index in [1.807, 2.05) is 0 Å². The molecule has 0 saturated carbocycles. The topological polar surface area (TPSA) is 77.0 Å². The second-order valence-electron chi connectivity index (χ2n) is 4.49. The van der Waals surface area contributed by atoms with E-state index in [-0.39, 0.29) is 5.91 Å². The van der Waals surface area contributed by atoms with Crippen LogP contribution in [0.3, 0.4) is 0 Å². The van der Waals surface area contributed by atoms with Gasteiger partial charge < -0.3 is 15.2 Å². The Morgan fingerprint density at radius 3 is 2.74 bits per heavy atom. The highest BCUT2D eigenvalue weighted by molar-refractivity contribution is 7.99. The molecule has 0 atom stereocenters. The lowest BCUT2D eigenvalue weighted by molar-refractivity contribution is -0.128. The molecule has 1 aromatic heterocycles. The molecule has 108 valence electrons. The highest BCUT2D eigenvalue weighted by atomic mass is 32.2. The van der Waals surface area contributed by atoms with E-state index in [1.54, 1.807) is 30.8 Å². The van der Waals surface area contributed by atoms with Crippen molar-refractivity contribution in [3.05, 3.63) is 5.82 Å². The zero-order valence-corrected chi connectivity index (χ0v) is 12.7. The fourth-order valence-electron chi connectivity index (χ4n) is 1.64. The van der Waals surface area contributed by atoms with Gasteiger partial charge in [-0.25, -0.2) is 0 Å². The van der Waals surface area contributed by atoms with Gasteiger partial charge in [0.1, 0.15) is 5.82 Å². The van der Waals surface area contributed by atoms with E-state index < -0.39 is 0 Å². The Morgan fingerprint density at radius 2 is 2.16 bits per heavy atom. The molecular formula is C12H23N5OS. The summed E-state index contributed by atoms with van der Waals surface area (Å²) >= 11 is 1.64. The van der Waals surface area contributed by atoms with Gasteiger partial charge in [0.2, 0.25) is 5.91 Å². The second kappa shape index (κ2) is 8.16. The molecule has 1 heterocycles. The van der Waals surface area contributed by atoms with E-state index in [0.717, 1.165) is 36.1 Å². The summed E-state index contributed by atoms with van der Waals surface area (Å²) in [5.41, 5.74) is 5.64. The van der Waals surface area contributed by atoms with Gasteiger partial charge in [-0.05, 0) is 12.8 Å². The average molecular weight is 285 g/mol. The normalized spacial score (nSPS) is 10.7. The number of amides is 1. The minimum Gasteiger partial charge on any atom is -0.349 e. The molecule has 0 spiro atoms. The fraction of sp³-hybridized carbons (Fsp3) is 0.750. The third-order valence-electron chi connectivity index (χ3n) is 2.69. The van der Waals surface area contributed by atoms with Crippen molar-refractivity contribution in [3.8, 4) is 0 Å². The summed E-state index contributed by atoms with van der Waals surface area (Å²) in [6.45, 7) is 3.41. The van der Waals surface area contributed by atoms with E-state index >= 15 is 0 Å². The summed E-state index contributed by atoms with van der Waals surface area (Å²) < 4.78 is 2.07. The van der Waals surface area contributed by atoms with E-state index in [2.05, 4.69) is 21.7 Å². The van der Waals surface area contributed by atoms with Crippen LogP contribution >= 0.6 is 11.8 Å². The van der Waals surface area contributed by atoms with Crippen molar-refractivity contribution >= 4 is 17.7 Å². The highest BCUT2D eigenvalue weighted by Crippen LogP contribution is 2.19. The minimum atomic E-state index is 0.165. The monoisotopic (exact) mass is 285 g/mol. The van der Waals surface area contributed by atoms with Gasteiger partial charge in [0.15, 0.2) is 5.16 Å². The number of carbonyl (C=O) groups is 1. The molecule has 0 unspecified atom stereocenters. The molecule has 0 aromatic carbocycles. The zero-order chi connectivity index (χ0) is 14.3. The van der Waals surface area contributed by atoms with Crippen LogP contribution in [0.1, 0.15) is 32.0 Å². The number of hydrogen-bond donors (Lipinski definition) is 1. The maximum Gasteiger partial charge on any atom is 0.222 e. The van der Waals surface area contributed by atoms with Gasteiger partial charge in [-0.1, -0.05) is 18.7 Å².